The largest absolute Gasteiger partial charge is 0.353 e. The van der Waals surface area contributed by atoms with E-state index >= 15 is 0 Å². The summed E-state index contributed by atoms with van der Waals surface area (Å²) in [5.74, 6) is 5.52. The molecule has 0 atom stereocenters. The summed E-state index contributed by atoms with van der Waals surface area (Å²) in [5.41, 5.74) is 1.53. The minimum absolute atomic E-state index is 0.0907. The van der Waals surface area contributed by atoms with Crippen LogP contribution in [0.3, 0.4) is 0 Å². The molecule has 4 N–H and O–H groups in total. The fourth-order valence-electron chi connectivity index (χ4n) is 2.55. The number of hydrazone groups is 1. The molecule has 0 aliphatic rings. The van der Waals surface area contributed by atoms with Crippen LogP contribution in [-0.4, -0.2) is 24.1 Å². The van der Waals surface area contributed by atoms with Crippen molar-refractivity contribution < 1.29 is 9.59 Å². The first kappa shape index (κ1) is 19.7. The first-order valence-electron chi connectivity index (χ1n) is 8.26. The van der Waals surface area contributed by atoms with E-state index in [1.807, 2.05) is 0 Å². The Morgan fingerprint density at radius 2 is 1.58 bits per heavy atom. The van der Waals surface area contributed by atoms with Crippen LogP contribution in [0.2, 0.25) is 0 Å². The lowest BCUT2D eigenvalue weighted by atomic mass is 9.93. The van der Waals surface area contributed by atoms with Crippen LogP contribution in [0.25, 0.3) is 0 Å². The Morgan fingerprint density at radius 3 is 2.08 bits per heavy atom. The number of hydrogen-bond donors (Lipinski definition) is 3. The van der Waals surface area contributed by atoms with E-state index in [9.17, 15) is 9.59 Å². The van der Waals surface area contributed by atoms with Crippen LogP contribution in [-0.2, 0) is 9.59 Å². The van der Waals surface area contributed by atoms with E-state index in [1.54, 1.807) is 24.3 Å². The van der Waals surface area contributed by atoms with Gasteiger partial charge in [-0.1, -0.05) is 39.8 Å². The molecule has 0 fully saturated rings. The van der Waals surface area contributed by atoms with Crippen LogP contribution in [0.15, 0.2) is 29.4 Å². The molecule has 24 heavy (non-hydrogen) atoms. The fraction of sp³-hybridized carbons (Fsp3) is 0.500. The minimum atomic E-state index is -0.184. The van der Waals surface area contributed by atoms with Gasteiger partial charge in [0.1, 0.15) is 0 Å². The van der Waals surface area contributed by atoms with Gasteiger partial charge in [-0.15, -0.1) is 0 Å². The number of nitrogens with zero attached hydrogens (tertiary/aromatic N) is 1. The lowest BCUT2D eigenvalue weighted by Gasteiger charge is -2.26. The van der Waals surface area contributed by atoms with E-state index in [-0.39, 0.29) is 30.7 Å². The predicted molar refractivity (Wildman–Crippen MR) is 97.7 cm³/mol. The third kappa shape index (κ3) is 6.81. The number of anilines is 1. The summed E-state index contributed by atoms with van der Waals surface area (Å²) in [4.78, 5) is 24.0. The number of nitrogens with two attached hydrogens (primary N) is 1. The topological polar surface area (TPSA) is 96.6 Å². The Morgan fingerprint density at radius 1 is 1.04 bits per heavy atom. The number of benzene rings is 1. The van der Waals surface area contributed by atoms with Crippen molar-refractivity contribution in [1.29, 1.82) is 0 Å². The van der Waals surface area contributed by atoms with Crippen molar-refractivity contribution in [3.8, 4) is 0 Å². The zero-order valence-corrected chi connectivity index (χ0v) is 14.9. The van der Waals surface area contributed by atoms with E-state index in [2.05, 4.69) is 43.4 Å². The van der Waals surface area contributed by atoms with Crippen molar-refractivity contribution in [3.63, 3.8) is 0 Å². The Hall–Kier alpha value is -2.37. The summed E-state index contributed by atoms with van der Waals surface area (Å²) in [7, 11) is 0. The molecule has 0 radical (unpaired) electrons. The standard InChI is InChI=1S/C18H28N4O2/c1-12(2)18(13(3)4)22-17(24)10-9-16(23)21-15-7-5-14(6-8-15)11-20-19/h5-8,11-13,18H,9-10,19H2,1-4H3,(H,21,23)(H,22,24). The van der Waals surface area contributed by atoms with Crippen molar-refractivity contribution in [2.75, 3.05) is 5.32 Å². The molecule has 1 rings (SSSR count). The van der Waals surface area contributed by atoms with Gasteiger partial charge >= 0.3 is 0 Å². The van der Waals surface area contributed by atoms with Gasteiger partial charge in [-0.05, 0) is 29.5 Å². The highest BCUT2D eigenvalue weighted by Gasteiger charge is 2.19. The fourth-order valence-corrected chi connectivity index (χ4v) is 2.55. The van der Waals surface area contributed by atoms with Gasteiger partial charge in [0.05, 0.1) is 6.21 Å². The highest BCUT2D eigenvalue weighted by atomic mass is 16.2. The maximum Gasteiger partial charge on any atom is 0.224 e. The minimum Gasteiger partial charge on any atom is -0.353 e. The van der Waals surface area contributed by atoms with Crippen LogP contribution in [0, 0.1) is 11.8 Å². The van der Waals surface area contributed by atoms with Crippen LogP contribution < -0.4 is 16.5 Å². The van der Waals surface area contributed by atoms with Crippen molar-refractivity contribution >= 4 is 23.7 Å². The Bertz CT molecular complexity index is 557. The molecule has 0 saturated carbocycles. The summed E-state index contributed by atoms with van der Waals surface area (Å²) in [6, 6.07) is 7.26. The van der Waals surface area contributed by atoms with Gasteiger partial charge in [-0.3, -0.25) is 9.59 Å². The number of hydrogen-bond acceptors (Lipinski definition) is 4. The van der Waals surface area contributed by atoms with E-state index in [0.717, 1.165) is 5.56 Å². The van der Waals surface area contributed by atoms with Gasteiger partial charge in [0.25, 0.3) is 0 Å². The zero-order chi connectivity index (χ0) is 18.1. The molecule has 0 unspecified atom stereocenters. The second kappa shape index (κ2) is 9.70. The molecular weight excluding hydrogens is 304 g/mol. The molecule has 0 aliphatic heterocycles. The molecule has 0 bridgehead atoms. The third-order valence-corrected chi connectivity index (χ3v) is 3.76. The summed E-state index contributed by atoms with van der Waals surface area (Å²) >= 11 is 0. The highest BCUT2D eigenvalue weighted by molar-refractivity contribution is 5.93. The van der Waals surface area contributed by atoms with E-state index in [1.165, 1.54) is 6.21 Å². The van der Waals surface area contributed by atoms with Crippen LogP contribution >= 0.6 is 0 Å². The molecule has 0 saturated heterocycles. The van der Waals surface area contributed by atoms with Gasteiger partial charge in [0.2, 0.25) is 11.8 Å². The predicted octanol–water partition coefficient (Wildman–Crippen LogP) is 2.49. The van der Waals surface area contributed by atoms with Gasteiger partial charge in [0.15, 0.2) is 0 Å². The normalized spacial score (nSPS) is 11.5. The summed E-state index contributed by atoms with van der Waals surface area (Å²) in [5, 5.41) is 9.22. The molecule has 6 heteroatoms. The molecule has 0 aliphatic carbocycles. The number of nitrogens with one attached hydrogen (secondary N) is 2. The average Bonchev–Trinajstić information content (AvgIpc) is 2.52. The highest BCUT2D eigenvalue weighted by Crippen LogP contribution is 2.13. The van der Waals surface area contributed by atoms with E-state index in [4.69, 9.17) is 5.84 Å². The number of amides is 2. The van der Waals surface area contributed by atoms with Crippen molar-refractivity contribution in [1.82, 2.24) is 5.32 Å². The molecule has 1 aromatic rings. The third-order valence-electron chi connectivity index (χ3n) is 3.76. The van der Waals surface area contributed by atoms with Crippen LogP contribution in [0.1, 0.15) is 46.1 Å². The first-order chi connectivity index (χ1) is 11.3. The Labute approximate surface area is 143 Å². The molecule has 6 nitrogen and oxygen atoms in total. The van der Waals surface area contributed by atoms with Gasteiger partial charge in [-0.2, -0.15) is 5.10 Å². The average molecular weight is 332 g/mol. The summed E-state index contributed by atoms with van der Waals surface area (Å²) in [6.45, 7) is 8.32. The van der Waals surface area contributed by atoms with E-state index in [0.29, 0.717) is 17.5 Å². The molecule has 1 aromatic carbocycles. The van der Waals surface area contributed by atoms with E-state index < -0.39 is 0 Å². The van der Waals surface area contributed by atoms with Crippen molar-refractivity contribution in [2.24, 2.45) is 22.8 Å². The monoisotopic (exact) mass is 332 g/mol. The molecular formula is C18H28N4O2. The molecule has 0 aromatic heterocycles. The van der Waals surface area contributed by atoms with Crippen molar-refractivity contribution in [3.05, 3.63) is 29.8 Å². The summed E-state index contributed by atoms with van der Waals surface area (Å²) < 4.78 is 0. The maximum atomic E-state index is 12.0. The second-order valence-corrected chi connectivity index (χ2v) is 6.53. The van der Waals surface area contributed by atoms with Crippen LogP contribution in [0.4, 0.5) is 5.69 Å². The smallest absolute Gasteiger partial charge is 0.224 e. The van der Waals surface area contributed by atoms with Gasteiger partial charge in [0, 0.05) is 24.6 Å². The Kier molecular flexibility index (Phi) is 7.95. The summed E-state index contributed by atoms with van der Waals surface area (Å²) in [6.07, 6.45) is 1.86. The number of rotatable bonds is 8. The lowest BCUT2D eigenvalue weighted by Crippen LogP contribution is -2.42. The maximum absolute atomic E-state index is 12.0. The SMILES string of the molecule is CC(C)C(NC(=O)CCC(=O)Nc1ccc(C=NN)cc1)C(C)C. The van der Waals surface area contributed by atoms with Crippen LogP contribution in [0.5, 0.6) is 0 Å². The lowest BCUT2D eigenvalue weighted by molar-refractivity contribution is -0.125. The molecule has 132 valence electrons. The second-order valence-electron chi connectivity index (χ2n) is 6.53. The number of carbonyl (C=O) groups is 2. The molecule has 2 amide bonds. The van der Waals surface area contributed by atoms with Gasteiger partial charge in [-0.25, -0.2) is 0 Å². The quantitative estimate of drug-likeness (QED) is 0.387. The number of carbonyl (C=O) groups excluding carboxylic acids is 2. The molecule has 0 spiro atoms. The first-order valence-corrected chi connectivity index (χ1v) is 8.26. The van der Waals surface area contributed by atoms with Crippen molar-refractivity contribution in [2.45, 2.75) is 46.6 Å². The Balaban J connectivity index is 2.43. The molecule has 0 heterocycles. The zero-order valence-electron chi connectivity index (χ0n) is 14.9. The van der Waals surface area contributed by atoms with Gasteiger partial charge < -0.3 is 16.5 Å².